The van der Waals surface area contributed by atoms with Crippen molar-refractivity contribution in [1.82, 2.24) is 4.90 Å². The van der Waals surface area contributed by atoms with Crippen LogP contribution in [0.1, 0.15) is 19.4 Å². The summed E-state index contributed by atoms with van der Waals surface area (Å²) >= 11 is 6.15. The van der Waals surface area contributed by atoms with E-state index in [1.807, 2.05) is 18.2 Å². The van der Waals surface area contributed by atoms with Gasteiger partial charge in [0.2, 0.25) is 0 Å². The van der Waals surface area contributed by atoms with Crippen LogP contribution in [0.25, 0.3) is 0 Å². The first-order valence-corrected chi connectivity index (χ1v) is 5.90. The molecule has 1 heterocycles. The van der Waals surface area contributed by atoms with Crippen molar-refractivity contribution in [2.24, 2.45) is 0 Å². The van der Waals surface area contributed by atoms with E-state index < -0.39 is 0 Å². The summed E-state index contributed by atoms with van der Waals surface area (Å²) < 4.78 is 0. The molecule has 1 nitrogen and oxygen atoms in total. The van der Waals surface area contributed by atoms with E-state index in [0.717, 1.165) is 11.6 Å². The van der Waals surface area contributed by atoms with Gasteiger partial charge in [-0.25, -0.2) is 0 Å². The van der Waals surface area contributed by atoms with Crippen LogP contribution in [0.2, 0.25) is 5.02 Å². The number of halogens is 1. The standard InChI is InChI=1S/C14H16ClN/c1-11-7-8-16(12(2)9-11)10-13-5-3-4-6-14(13)15/h3-9,12H,10H2,1-2H3. The molecule has 0 bridgehead atoms. The van der Waals surface area contributed by atoms with Crippen molar-refractivity contribution >= 4 is 11.6 Å². The summed E-state index contributed by atoms with van der Waals surface area (Å²) in [7, 11) is 0. The first-order valence-electron chi connectivity index (χ1n) is 5.52. The Bertz CT molecular complexity index is 434. The van der Waals surface area contributed by atoms with Crippen molar-refractivity contribution < 1.29 is 0 Å². The number of hydrogen-bond donors (Lipinski definition) is 0. The predicted molar refractivity (Wildman–Crippen MR) is 69.4 cm³/mol. The molecule has 2 heteroatoms. The molecule has 0 fully saturated rings. The van der Waals surface area contributed by atoms with Gasteiger partial charge in [0.15, 0.2) is 0 Å². The lowest BCUT2D eigenvalue weighted by Gasteiger charge is -2.29. The van der Waals surface area contributed by atoms with Crippen LogP contribution < -0.4 is 0 Å². The normalized spacial score (nSPS) is 19.8. The van der Waals surface area contributed by atoms with E-state index in [2.05, 4.69) is 43.2 Å². The summed E-state index contributed by atoms with van der Waals surface area (Å²) in [4.78, 5) is 2.29. The third kappa shape index (κ3) is 2.48. The van der Waals surface area contributed by atoms with Crippen LogP contribution in [0, 0.1) is 0 Å². The second-order valence-electron chi connectivity index (χ2n) is 4.23. The molecule has 16 heavy (non-hydrogen) atoms. The Hall–Kier alpha value is -1.21. The van der Waals surface area contributed by atoms with Crippen molar-refractivity contribution in [3.63, 3.8) is 0 Å². The molecule has 0 radical (unpaired) electrons. The van der Waals surface area contributed by atoms with E-state index in [9.17, 15) is 0 Å². The monoisotopic (exact) mass is 233 g/mol. The van der Waals surface area contributed by atoms with Crippen molar-refractivity contribution in [1.29, 1.82) is 0 Å². The number of nitrogens with zero attached hydrogens (tertiary/aromatic N) is 1. The zero-order valence-electron chi connectivity index (χ0n) is 9.65. The molecule has 0 aromatic heterocycles. The van der Waals surface area contributed by atoms with Gasteiger partial charge in [-0.05, 0) is 31.6 Å². The molecule has 0 aliphatic carbocycles. The molecule has 1 aromatic carbocycles. The summed E-state index contributed by atoms with van der Waals surface area (Å²) in [6.45, 7) is 5.19. The molecule has 0 saturated heterocycles. The van der Waals surface area contributed by atoms with E-state index in [-0.39, 0.29) is 0 Å². The van der Waals surface area contributed by atoms with Gasteiger partial charge in [0.1, 0.15) is 0 Å². The van der Waals surface area contributed by atoms with Crippen LogP contribution in [0.4, 0.5) is 0 Å². The highest BCUT2D eigenvalue weighted by molar-refractivity contribution is 6.31. The van der Waals surface area contributed by atoms with Gasteiger partial charge in [0.25, 0.3) is 0 Å². The Balaban J connectivity index is 2.12. The van der Waals surface area contributed by atoms with Gasteiger partial charge in [-0.2, -0.15) is 0 Å². The molecule has 1 aliphatic heterocycles. The SMILES string of the molecule is CC1=CC(C)N(Cc2ccccc2Cl)C=C1. The van der Waals surface area contributed by atoms with Crippen molar-refractivity contribution in [3.05, 3.63) is 58.8 Å². The molecule has 1 atom stereocenters. The second-order valence-corrected chi connectivity index (χ2v) is 4.64. The fourth-order valence-electron chi connectivity index (χ4n) is 1.90. The number of rotatable bonds is 2. The Kier molecular flexibility index (Phi) is 3.35. The van der Waals surface area contributed by atoms with Crippen LogP contribution >= 0.6 is 11.6 Å². The average molecular weight is 234 g/mol. The van der Waals surface area contributed by atoms with E-state index in [1.54, 1.807) is 0 Å². The van der Waals surface area contributed by atoms with Crippen LogP contribution in [-0.4, -0.2) is 10.9 Å². The average Bonchev–Trinajstić information content (AvgIpc) is 2.25. The van der Waals surface area contributed by atoms with Crippen molar-refractivity contribution in [3.8, 4) is 0 Å². The van der Waals surface area contributed by atoms with Crippen LogP contribution in [0.3, 0.4) is 0 Å². The fraction of sp³-hybridized carbons (Fsp3) is 0.286. The minimum atomic E-state index is 0.432. The lowest BCUT2D eigenvalue weighted by atomic mass is 10.1. The highest BCUT2D eigenvalue weighted by atomic mass is 35.5. The Labute approximate surface area is 102 Å². The fourth-order valence-corrected chi connectivity index (χ4v) is 2.10. The molecule has 0 saturated carbocycles. The molecule has 2 rings (SSSR count). The maximum absolute atomic E-state index is 6.15. The Morgan fingerprint density at radius 1 is 1.31 bits per heavy atom. The first-order chi connectivity index (χ1) is 7.66. The molecule has 1 unspecified atom stereocenters. The largest absolute Gasteiger partial charge is 0.367 e. The lowest BCUT2D eigenvalue weighted by molar-refractivity contribution is 0.323. The molecular weight excluding hydrogens is 218 g/mol. The summed E-state index contributed by atoms with van der Waals surface area (Å²) in [6.07, 6.45) is 6.54. The topological polar surface area (TPSA) is 3.24 Å². The quantitative estimate of drug-likeness (QED) is 0.746. The molecular formula is C14H16ClN. The zero-order chi connectivity index (χ0) is 11.5. The van der Waals surface area contributed by atoms with Crippen LogP contribution in [0.5, 0.6) is 0 Å². The van der Waals surface area contributed by atoms with Gasteiger partial charge in [-0.15, -0.1) is 0 Å². The maximum Gasteiger partial charge on any atom is 0.0455 e. The number of allylic oxidation sites excluding steroid dienone is 2. The van der Waals surface area contributed by atoms with Crippen molar-refractivity contribution in [2.75, 3.05) is 0 Å². The summed E-state index contributed by atoms with van der Waals surface area (Å²) in [5.74, 6) is 0. The summed E-state index contributed by atoms with van der Waals surface area (Å²) in [5.41, 5.74) is 2.50. The van der Waals surface area contributed by atoms with Crippen LogP contribution in [0.15, 0.2) is 48.2 Å². The van der Waals surface area contributed by atoms with Gasteiger partial charge < -0.3 is 4.90 Å². The Morgan fingerprint density at radius 3 is 2.75 bits per heavy atom. The summed E-state index contributed by atoms with van der Waals surface area (Å²) in [6, 6.07) is 8.44. The highest BCUT2D eigenvalue weighted by Crippen LogP contribution is 2.21. The van der Waals surface area contributed by atoms with Gasteiger partial charge >= 0.3 is 0 Å². The smallest absolute Gasteiger partial charge is 0.0455 e. The third-order valence-corrected chi connectivity index (χ3v) is 3.24. The summed E-state index contributed by atoms with van der Waals surface area (Å²) in [5, 5.41) is 0.842. The highest BCUT2D eigenvalue weighted by Gasteiger charge is 2.12. The van der Waals surface area contributed by atoms with Crippen molar-refractivity contribution in [2.45, 2.75) is 26.4 Å². The van der Waals surface area contributed by atoms with E-state index in [0.29, 0.717) is 6.04 Å². The zero-order valence-corrected chi connectivity index (χ0v) is 10.4. The van der Waals surface area contributed by atoms with Gasteiger partial charge in [-0.3, -0.25) is 0 Å². The Morgan fingerprint density at radius 2 is 2.06 bits per heavy atom. The van der Waals surface area contributed by atoms with E-state index in [1.165, 1.54) is 11.1 Å². The van der Waals surface area contributed by atoms with E-state index >= 15 is 0 Å². The lowest BCUT2D eigenvalue weighted by Crippen LogP contribution is -2.28. The molecule has 0 spiro atoms. The molecule has 1 aromatic rings. The molecule has 84 valence electrons. The van der Waals surface area contributed by atoms with Gasteiger partial charge in [0.05, 0.1) is 0 Å². The molecule has 1 aliphatic rings. The van der Waals surface area contributed by atoms with Gasteiger partial charge in [0, 0.05) is 23.8 Å². The van der Waals surface area contributed by atoms with Crippen LogP contribution in [-0.2, 0) is 6.54 Å². The second kappa shape index (κ2) is 4.75. The van der Waals surface area contributed by atoms with Gasteiger partial charge in [-0.1, -0.05) is 41.4 Å². The molecule has 0 N–H and O–H groups in total. The first kappa shape index (κ1) is 11.3. The van der Waals surface area contributed by atoms with E-state index in [4.69, 9.17) is 11.6 Å². The minimum absolute atomic E-state index is 0.432. The minimum Gasteiger partial charge on any atom is -0.367 e. The predicted octanol–water partition coefficient (Wildman–Crippen LogP) is 4.00. The number of benzene rings is 1. The number of hydrogen-bond acceptors (Lipinski definition) is 1. The third-order valence-electron chi connectivity index (χ3n) is 2.87. The maximum atomic E-state index is 6.15. The molecule has 0 amide bonds.